The van der Waals surface area contributed by atoms with E-state index < -0.39 is 0 Å². The minimum Gasteiger partial charge on any atom is -0.389 e. The van der Waals surface area contributed by atoms with Gasteiger partial charge in [0.1, 0.15) is 0 Å². The minimum absolute atomic E-state index is 0.383. The maximum atomic E-state index is 9.49. The van der Waals surface area contributed by atoms with Gasteiger partial charge in [-0.05, 0) is 43.4 Å². The molecule has 0 spiro atoms. The van der Waals surface area contributed by atoms with Crippen LogP contribution in [0.5, 0.6) is 0 Å². The summed E-state index contributed by atoms with van der Waals surface area (Å²) in [6, 6.07) is 8.25. The van der Waals surface area contributed by atoms with E-state index in [1.165, 1.54) is 18.5 Å². The molecule has 0 saturated carbocycles. The van der Waals surface area contributed by atoms with Crippen molar-refractivity contribution in [2.45, 2.75) is 25.9 Å². The SMILES string of the molecule is COCC1CCN(c2ccc([C@H](C)O)cc2)CC1. The number of ether oxygens (including phenoxy) is 1. The van der Waals surface area contributed by atoms with Gasteiger partial charge in [0.15, 0.2) is 0 Å². The third kappa shape index (κ3) is 3.24. The van der Waals surface area contributed by atoms with Crippen molar-refractivity contribution in [3.05, 3.63) is 29.8 Å². The van der Waals surface area contributed by atoms with E-state index in [1.54, 1.807) is 14.0 Å². The number of hydrogen-bond acceptors (Lipinski definition) is 3. The topological polar surface area (TPSA) is 32.7 Å². The number of aliphatic hydroxyl groups is 1. The average Bonchev–Trinajstić information content (AvgIpc) is 2.40. The first-order chi connectivity index (χ1) is 8.70. The van der Waals surface area contributed by atoms with Crippen LogP contribution in [0, 0.1) is 5.92 Å². The third-order valence-corrected chi connectivity index (χ3v) is 3.76. The second-order valence-electron chi connectivity index (χ2n) is 5.15. The first kappa shape index (κ1) is 13.4. The molecule has 1 saturated heterocycles. The summed E-state index contributed by atoms with van der Waals surface area (Å²) >= 11 is 0. The maximum Gasteiger partial charge on any atom is 0.0761 e. The van der Waals surface area contributed by atoms with Gasteiger partial charge < -0.3 is 14.7 Å². The standard InChI is InChI=1S/C15H23NO2/c1-12(17)14-3-5-15(6-4-14)16-9-7-13(8-10-16)11-18-2/h3-6,12-13,17H,7-11H2,1-2H3/t12-/m0/s1. The summed E-state index contributed by atoms with van der Waals surface area (Å²) < 4.78 is 5.22. The number of anilines is 1. The predicted molar refractivity (Wildman–Crippen MR) is 73.9 cm³/mol. The molecule has 1 aliphatic rings. The van der Waals surface area contributed by atoms with Gasteiger partial charge in [0.05, 0.1) is 6.10 Å². The molecule has 100 valence electrons. The Balaban J connectivity index is 1.93. The molecule has 1 aromatic carbocycles. The quantitative estimate of drug-likeness (QED) is 0.890. The highest BCUT2D eigenvalue weighted by atomic mass is 16.5. The molecule has 1 heterocycles. The molecule has 18 heavy (non-hydrogen) atoms. The molecule has 0 aromatic heterocycles. The molecule has 1 atom stereocenters. The first-order valence-corrected chi connectivity index (χ1v) is 6.72. The molecule has 1 fully saturated rings. The van der Waals surface area contributed by atoms with E-state index in [0.717, 1.165) is 25.3 Å². The van der Waals surface area contributed by atoms with Crippen LogP contribution < -0.4 is 4.90 Å². The van der Waals surface area contributed by atoms with E-state index >= 15 is 0 Å². The van der Waals surface area contributed by atoms with Gasteiger partial charge in [-0.2, -0.15) is 0 Å². The van der Waals surface area contributed by atoms with Gasteiger partial charge in [0.25, 0.3) is 0 Å². The lowest BCUT2D eigenvalue weighted by Gasteiger charge is -2.33. The summed E-state index contributed by atoms with van der Waals surface area (Å²) in [5.41, 5.74) is 2.24. The highest BCUT2D eigenvalue weighted by Gasteiger charge is 2.19. The maximum absolute atomic E-state index is 9.49. The molecule has 3 heteroatoms. The zero-order valence-electron chi connectivity index (χ0n) is 11.3. The number of benzene rings is 1. The fraction of sp³-hybridized carbons (Fsp3) is 0.600. The Kier molecular flexibility index (Phi) is 4.61. The minimum atomic E-state index is -0.383. The Morgan fingerprint density at radius 2 is 1.89 bits per heavy atom. The van der Waals surface area contributed by atoms with Crippen LogP contribution >= 0.6 is 0 Å². The van der Waals surface area contributed by atoms with Crippen molar-refractivity contribution in [1.82, 2.24) is 0 Å². The van der Waals surface area contributed by atoms with Crippen LogP contribution in [0.4, 0.5) is 5.69 Å². The van der Waals surface area contributed by atoms with Gasteiger partial charge in [0.2, 0.25) is 0 Å². The van der Waals surface area contributed by atoms with Gasteiger partial charge in [-0.25, -0.2) is 0 Å². The molecule has 3 nitrogen and oxygen atoms in total. The van der Waals surface area contributed by atoms with Crippen molar-refractivity contribution in [2.75, 3.05) is 31.7 Å². The van der Waals surface area contributed by atoms with Crippen molar-refractivity contribution in [3.8, 4) is 0 Å². The number of methoxy groups -OCH3 is 1. The van der Waals surface area contributed by atoms with Gasteiger partial charge >= 0.3 is 0 Å². The van der Waals surface area contributed by atoms with E-state index in [2.05, 4.69) is 17.0 Å². The fourth-order valence-electron chi connectivity index (χ4n) is 2.56. The average molecular weight is 249 g/mol. The molecule has 1 aliphatic heterocycles. The van der Waals surface area contributed by atoms with Gasteiger partial charge in [-0.15, -0.1) is 0 Å². The fourth-order valence-corrected chi connectivity index (χ4v) is 2.56. The summed E-state index contributed by atoms with van der Waals surface area (Å²) in [6.45, 7) is 4.88. The molecule has 0 bridgehead atoms. The van der Waals surface area contributed by atoms with E-state index in [9.17, 15) is 5.11 Å². The number of nitrogens with zero attached hydrogens (tertiary/aromatic N) is 1. The van der Waals surface area contributed by atoms with E-state index in [1.807, 2.05) is 12.1 Å². The summed E-state index contributed by atoms with van der Waals surface area (Å²) in [5, 5.41) is 9.49. The summed E-state index contributed by atoms with van der Waals surface area (Å²) in [4.78, 5) is 2.41. The third-order valence-electron chi connectivity index (χ3n) is 3.76. The summed E-state index contributed by atoms with van der Waals surface area (Å²) in [7, 11) is 1.78. The van der Waals surface area contributed by atoms with Crippen molar-refractivity contribution in [2.24, 2.45) is 5.92 Å². The van der Waals surface area contributed by atoms with Crippen molar-refractivity contribution < 1.29 is 9.84 Å². The summed E-state index contributed by atoms with van der Waals surface area (Å²) in [6.07, 6.45) is 2.02. The molecule has 0 amide bonds. The van der Waals surface area contributed by atoms with Crippen LogP contribution in [0.25, 0.3) is 0 Å². The molecule has 0 radical (unpaired) electrons. The normalized spacial score (nSPS) is 18.9. The molecule has 1 N–H and O–H groups in total. The Morgan fingerprint density at radius 1 is 1.28 bits per heavy atom. The zero-order chi connectivity index (χ0) is 13.0. The van der Waals surface area contributed by atoms with E-state index in [0.29, 0.717) is 5.92 Å². The lowest BCUT2D eigenvalue weighted by Crippen LogP contribution is -2.34. The Bertz CT molecular complexity index is 353. The van der Waals surface area contributed by atoms with Crippen LogP contribution in [0.15, 0.2) is 24.3 Å². The van der Waals surface area contributed by atoms with Crippen LogP contribution in [0.1, 0.15) is 31.4 Å². The van der Waals surface area contributed by atoms with Gasteiger partial charge in [-0.3, -0.25) is 0 Å². The van der Waals surface area contributed by atoms with Crippen molar-refractivity contribution in [1.29, 1.82) is 0 Å². The molecular formula is C15H23NO2. The molecule has 0 aliphatic carbocycles. The van der Waals surface area contributed by atoms with Crippen molar-refractivity contribution >= 4 is 5.69 Å². The Labute approximate surface area is 109 Å². The molecule has 0 unspecified atom stereocenters. The highest BCUT2D eigenvalue weighted by Crippen LogP contribution is 2.24. The van der Waals surface area contributed by atoms with Gasteiger partial charge in [0, 0.05) is 32.5 Å². The van der Waals surface area contributed by atoms with Gasteiger partial charge in [-0.1, -0.05) is 12.1 Å². The highest BCUT2D eigenvalue weighted by molar-refractivity contribution is 5.48. The first-order valence-electron chi connectivity index (χ1n) is 6.72. The smallest absolute Gasteiger partial charge is 0.0761 e. The molecule has 1 aromatic rings. The van der Waals surface area contributed by atoms with Crippen LogP contribution in [0.2, 0.25) is 0 Å². The number of piperidine rings is 1. The second-order valence-corrected chi connectivity index (χ2v) is 5.15. The Morgan fingerprint density at radius 3 is 2.39 bits per heavy atom. The van der Waals surface area contributed by atoms with Crippen LogP contribution in [-0.4, -0.2) is 31.9 Å². The van der Waals surface area contributed by atoms with Crippen LogP contribution in [-0.2, 0) is 4.74 Å². The second kappa shape index (κ2) is 6.21. The number of rotatable bonds is 4. The monoisotopic (exact) mass is 249 g/mol. The zero-order valence-corrected chi connectivity index (χ0v) is 11.3. The molecular weight excluding hydrogens is 226 g/mol. The van der Waals surface area contributed by atoms with Crippen LogP contribution in [0.3, 0.4) is 0 Å². The molecule has 2 rings (SSSR count). The lowest BCUT2D eigenvalue weighted by atomic mass is 9.97. The van der Waals surface area contributed by atoms with E-state index in [4.69, 9.17) is 4.74 Å². The lowest BCUT2D eigenvalue weighted by molar-refractivity contribution is 0.139. The Hall–Kier alpha value is -1.06. The number of hydrogen-bond donors (Lipinski definition) is 1. The van der Waals surface area contributed by atoms with Crippen molar-refractivity contribution in [3.63, 3.8) is 0 Å². The summed E-state index contributed by atoms with van der Waals surface area (Å²) in [5.74, 6) is 0.711. The van der Waals surface area contributed by atoms with E-state index in [-0.39, 0.29) is 6.10 Å². The number of aliphatic hydroxyl groups excluding tert-OH is 1. The predicted octanol–water partition coefficient (Wildman–Crippen LogP) is 2.60. The largest absolute Gasteiger partial charge is 0.389 e.